The molecular formula is C32H29ClN2O6S. The molecule has 3 heterocycles. The first-order valence-electron chi connectivity index (χ1n) is 13.6. The van der Waals surface area contributed by atoms with E-state index in [-0.39, 0.29) is 18.1 Å². The molecule has 0 N–H and O–H groups in total. The minimum atomic E-state index is -0.723. The molecule has 4 aromatic rings. The van der Waals surface area contributed by atoms with Crippen molar-refractivity contribution < 1.29 is 23.5 Å². The molecule has 0 unspecified atom stereocenters. The van der Waals surface area contributed by atoms with Crippen LogP contribution in [-0.4, -0.2) is 29.7 Å². The third-order valence-corrected chi connectivity index (χ3v) is 7.97. The van der Waals surface area contributed by atoms with E-state index in [0.717, 1.165) is 18.4 Å². The zero-order valence-electron chi connectivity index (χ0n) is 23.4. The predicted octanol–water partition coefficient (Wildman–Crippen LogP) is 5.67. The summed E-state index contributed by atoms with van der Waals surface area (Å²) in [6.07, 6.45) is 3.44. The molecule has 1 aliphatic rings. The summed E-state index contributed by atoms with van der Waals surface area (Å²) in [5, 5.41) is 0.541. The first-order chi connectivity index (χ1) is 20.3. The second kappa shape index (κ2) is 12.8. The Hall–Kier alpha value is -4.21. The first-order valence-corrected chi connectivity index (χ1v) is 14.8. The molecule has 5 rings (SSSR count). The Morgan fingerprint density at radius 3 is 2.45 bits per heavy atom. The number of esters is 2. The summed E-state index contributed by atoms with van der Waals surface area (Å²) in [6.45, 7) is 6.10. The fourth-order valence-corrected chi connectivity index (χ4v) is 5.78. The minimum absolute atomic E-state index is 0.194. The number of halogens is 1. The number of fused-ring (bicyclic) bond motifs is 1. The average molecular weight is 605 g/mol. The lowest BCUT2D eigenvalue weighted by molar-refractivity contribution is -0.139. The highest BCUT2D eigenvalue weighted by molar-refractivity contribution is 7.07. The summed E-state index contributed by atoms with van der Waals surface area (Å²) in [6, 6.07) is 16.8. The fourth-order valence-electron chi connectivity index (χ4n) is 4.63. The number of furan rings is 1. The van der Waals surface area contributed by atoms with Gasteiger partial charge in [-0.15, -0.1) is 0 Å². The number of carbonyl (C=O) groups is 2. The Labute approximate surface area is 251 Å². The van der Waals surface area contributed by atoms with Crippen molar-refractivity contribution in [3.8, 4) is 11.3 Å². The number of carbonyl (C=O) groups excluding carboxylic acids is 2. The van der Waals surface area contributed by atoms with Gasteiger partial charge in [-0.3, -0.25) is 9.36 Å². The van der Waals surface area contributed by atoms with Crippen molar-refractivity contribution in [2.45, 2.75) is 39.7 Å². The lowest BCUT2D eigenvalue weighted by atomic mass is 9.96. The molecule has 1 aliphatic heterocycles. The standard InChI is InChI=1S/C32H29ClN2O6S/c1-4-6-17-40-30(37)22-9-7-20(8-10-22)25-16-15-24(41-25)18-26-29(36)35-28(21-11-13-23(33)14-12-21)27(31(38)39-5-2)19(3)34-32(35)42-26/h7-16,18,28H,4-6,17H2,1-3H3/b26-18-/t28-/m0/s1. The first kappa shape index (κ1) is 29.3. The number of hydrogen-bond acceptors (Lipinski definition) is 8. The minimum Gasteiger partial charge on any atom is -0.463 e. The molecule has 2 aromatic heterocycles. The topological polar surface area (TPSA) is 100 Å². The molecule has 0 spiro atoms. The number of hydrogen-bond donors (Lipinski definition) is 0. The van der Waals surface area contributed by atoms with Crippen LogP contribution in [0, 0.1) is 0 Å². The van der Waals surface area contributed by atoms with Crippen molar-refractivity contribution in [3.63, 3.8) is 0 Å². The summed E-state index contributed by atoms with van der Waals surface area (Å²) in [5.74, 6) is 0.176. The third kappa shape index (κ3) is 6.03. The number of nitrogens with zero attached hydrogens (tertiary/aromatic N) is 2. The van der Waals surface area contributed by atoms with Crippen molar-refractivity contribution in [1.82, 2.24) is 4.57 Å². The predicted molar refractivity (Wildman–Crippen MR) is 161 cm³/mol. The maximum Gasteiger partial charge on any atom is 0.338 e. The zero-order chi connectivity index (χ0) is 29.8. The van der Waals surface area contributed by atoms with Crippen LogP contribution in [0.2, 0.25) is 5.02 Å². The summed E-state index contributed by atoms with van der Waals surface area (Å²) in [7, 11) is 0. The van der Waals surface area contributed by atoms with E-state index < -0.39 is 12.0 Å². The van der Waals surface area contributed by atoms with Crippen LogP contribution in [0.4, 0.5) is 0 Å². The highest BCUT2D eigenvalue weighted by atomic mass is 35.5. The van der Waals surface area contributed by atoms with E-state index in [9.17, 15) is 14.4 Å². The van der Waals surface area contributed by atoms with Gasteiger partial charge in [-0.1, -0.05) is 60.5 Å². The molecule has 0 saturated heterocycles. The van der Waals surface area contributed by atoms with E-state index in [1.807, 2.05) is 6.92 Å². The third-order valence-electron chi connectivity index (χ3n) is 6.74. The normalized spacial score (nSPS) is 14.9. The summed E-state index contributed by atoms with van der Waals surface area (Å²) in [4.78, 5) is 44.0. The molecule has 0 saturated carbocycles. The summed E-state index contributed by atoms with van der Waals surface area (Å²) >= 11 is 7.33. The van der Waals surface area contributed by atoms with Gasteiger partial charge in [0.2, 0.25) is 0 Å². The van der Waals surface area contributed by atoms with Gasteiger partial charge in [0, 0.05) is 16.7 Å². The number of ether oxygens (including phenoxy) is 2. The molecule has 216 valence electrons. The van der Waals surface area contributed by atoms with Gasteiger partial charge >= 0.3 is 11.9 Å². The Morgan fingerprint density at radius 1 is 1.02 bits per heavy atom. The Bertz CT molecular complexity index is 1830. The Balaban J connectivity index is 1.48. The lowest BCUT2D eigenvalue weighted by Crippen LogP contribution is -2.39. The lowest BCUT2D eigenvalue weighted by Gasteiger charge is -2.24. The SMILES string of the molecule is CCCCOC(=O)c1ccc(-c2ccc(/C=c3\sc4n(c3=O)[C@@H](c3ccc(Cl)cc3)C(C(=O)OCC)=C(C)N=4)o2)cc1. The van der Waals surface area contributed by atoms with Gasteiger partial charge in [-0.2, -0.15) is 0 Å². The number of benzene rings is 2. The van der Waals surface area contributed by atoms with Crippen molar-refractivity contribution in [3.05, 3.63) is 114 Å². The van der Waals surface area contributed by atoms with E-state index in [0.29, 0.717) is 54.9 Å². The Morgan fingerprint density at radius 2 is 1.76 bits per heavy atom. The monoisotopic (exact) mass is 604 g/mol. The largest absolute Gasteiger partial charge is 0.463 e. The van der Waals surface area contributed by atoms with Crippen molar-refractivity contribution >= 4 is 41.0 Å². The van der Waals surface area contributed by atoms with E-state index in [4.69, 9.17) is 25.5 Å². The molecule has 0 fully saturated rings. The van der Waals surface area contributed by atoms with Gasteiger partial charge in [-0.05, 0) is 62.2 Å². The number of thiazole rings is 1. The average Bonchev–Trinajstić information content (AvgIpc) is 3.57. The van der Waals surface area contributed by atoms with E-state index >= 15 is 0 Å². The summed E-state index contributed by atoms with van der Waals surface area (Å²) in [5.41, 5.74) is 2.43. The number of allylic oxidation sites excluding steroid dienone is 1. The van der Waals surface area contributed by atoms with Crippen molar-refractivity contribution in [2.75, 3.05) is 13.2 Å². The van der Waals surface area contributed by atoms with Crippen molar-refractivity contribution in [1.29, 1.82) is 0 Å². The number of rotatable bonds is 9. The van der Waals surface area contributed by atoms with Crippen LogP contribution in [0.3, 0.4) is 0 Å². The fraction of sp³-hybridized carbons (Fsp3) is 0.250. The molecular weight excluding hydrogens is 576 g/mol. The number of aromatic nitrogens is 1. The van der Waals surface area contributed by atoms with Gasteiger partial charge in [0.25, 0.3) is 5.56 Å². The second-order valence-electron chi connectivity index (χ2n) is 9.62. The molecule has 10 heteroatoms. The Kier molecular flexibility index (Phi) is 8.89. The van der Waals surface area contributed by atoms with E-state index in [1.165, 1.54) is 15.9 Å². The smallest absolute Gasteiger partial charge is 0.338 e. The van der Waals surface area contributed by atoms with Crippen molar-refractivity contribution in [2.24, 2.45) is 4.99 Å². The molecule has 1 atom stereocenters. The van der Waals surface area contributed by atoms with E-state index in [2.05, 4.69) is 4.99 Å². The van der Waals surface area contributed by atoms with Crippen LogP contribution in [0.5, 0.6) is 0 Å². The van der Waals surface area contributed by atoms with Gasteiger partial charge in [-0.25, -0.2) is 14.6 Å². The van der Waals surface area contributed by atoms with Gasteiger partial charge in [0.1, 0.15) is 11.5 Å². The van der Waals surface area contributed by atoms with Crippen LogP contribution in [0.15, 0.2) is 86.1 Å². The molecule has 0 radical (unpaired) electrons. The molecule has 42 heavy (non-hydrogen) atoms. The highest BCUT2D eigenvalue weighted by Gasteiger charge is 2.33. The van der Waals surface area contributed by atoms with Crippen LogP contribution in [-0.2, 0) is 14.3 Å². The van der Waals surface area contributed by atoms with Crippen LogP contribution in [0.1, 0.15) is 61.3 Å². The van der Waals surface area contributed by atoms with E-state index in [1.54, 1.807) is 80.6 Å². The van der Waals surface area contributed by atoms with Crippen LogP contribution >= 0.6 is 22.9 Å². The molecule has 2 aromatic carbocycles. The molecule has 0 aliphatic carbocycles. The zero-order valence-corrected chi connectivity index (χ0v) is 25.0. The van der Waals surface area contributed by atoms with Gasteiger partial charge in [0.15, 0.2) is 4.80 Å². The van der Waals surface area contributed by atoms with Gasteiger partial charge in [0.05, 0.1) is 40.6 Å². The van der Waals surface area contributed by atoms with Crippen LogP contribution < -0.4 is 14.9 Å². The molecule has 8 nitrogen and oxygen atoms in total. The molecule has 0 bridgehead atoms. The highest BCUT2D eigenvalue weighted by Crippen LogP contribution is 2.31. The quantitative estimate of drug-likeness (QED) is 0.180. The maximum atomic E-state index is 13.8. The molecule has 0 amide bonds. The maximum absolute atomic E-state index is 13.8. The number of unbranched alkanes of at least 4 members (excludes halogenated alkanes) is 1. The second-order valence-corrected chi connectivity index (χ2v) is 11.1. The van der Waals surface area contributed by atoms with Crippen LogP contribution in [0.25, 0.3) is 17.4 Å². The summed E-state index contributed by atoms with van der Waals surface area (Å²) < 4.78 is 18.5. The van der Waals surface area contributed by atoms with Gasteiger partial charge < -0.3 is 13.9 Å².